The van der Waals surface area contributed by atoms with Crippen molar-refractivity contribution in [3.63, 3.8) is 0 Å². The molecule has 0 fully saturated rings. The highest BCUT2D eigenvalue weighted by atomic mass is 16.3. The van der Waals surface area contributed by atoms with E-state index in [2.05, 4.69) is 0 Å². The summed E-state index contributed by atoms with van der Waals surface area (Å²) in [6.45, 7) is 0. The van der Waals surface area contributed by atoms with Gasteiger partial charge in [-0.15, -0.1) is 0 Å². The molecule has 0 aromatic heterocycles. The number of hydrogen-bond acceptors (Lipinski definition) is 2. The first-order chi connectivity index (χ1) is 6.79. The Morgan fingerprint density at radius 2 is 2.21 bits per heavy atom. The van der Waals surface area contributed by atoms with Crippen LogP contribution in [0.5, 0.6) is 0 Å². The second-order valence-electron chi connectivity index (χ2n) is 3.85. The number of benzene rings is 1. The van der Waals surface area contributed by atoms with E-state index in [-0.39, 0.29) is 11.7 Å². The van der Waals surface area contributed by atoms with Gasteiger partial charge >= 0.3 is 0 Å². The van der Waals surface area contributed by atoms with Crippen molar-refractivity contribution in [2.75, 3.05) is 0 Å². The summed E-state index contributed by atoms with van der Waals surface area (Å²) in [4.78, 5) is 11.7. The van der Waals surface area contributed by atoms with Crippen molar-refractivity contribution >= 4 is 11.9 Å². The SMILES string of the molecule is O=C1C(O)c2cccc3c2C1CC=C3. The van der Waals surface area contributed by atoms with E-state index >= 15 is 0 Å². The molecule has 0 saturated heterocycles. The second kappa shape index (κ2) is 2.55. The van der Waals surface area contributed by atoms with Crippen molar-refractivity contribution in [2.45, 2.75) is 18.4 Å². The van der Waals surface area contributed by atoms with Gasteiger partial charge in [0.15, 0.2) is 5.78 Å². The van der Waals surface area contributed by atoms with Crippen LogP contribution in [0.1, 0.15) is 35.1 Å². The molecule has 1 N–H and O–H groups in total. The first-order valence-corrected chi connectivity index (χ1v) is 4.80. The number of aliphatic hydroxyl groups excluding tert-OH is 1. The van der Waals surface area contributed by atoms with E-state index in [4.69, 9.17) is 0 Å². The van der Waals surface area contributed by atoms with E-state index in [9.17, 15) is 9.90 Å². The van der Waals surface area contributed by atoms with Crippen LogP contribution in [-0.2, 0) is 4.79 Å². The molecule has 3 rings (SSSR count). The molecule has 14 heavy (non-hydrogen) atoms. The van der Waals surface area contributed by atoms with Gasteiger partial charge in [-0.1, -0.05) is 30.4 Å². The molecule has 0 spiro atoms. The Balaban J connectivity index is 2.32. The van der Waals surface area contributed by atoms with Crippen LogP contribution in [0.3, 0.4) is 0 Å². The average Bonchev–Trinajstić information content (AvgIpc) is 2.47. The maximum absolute atomic E-state index is 11.7. The van der Waals surface area contributed by atoms with Gasteiger partial charge in [-0.2, -0.15) is 0 Å². The highest BCUT2D eigenvalue weighted by Gasteiger charge is 2.39. The molecule has 1 aromatic rings. The molecule has 0 radical (unpaired) electrons. The predicted molar refractivity (Wildman–Crippen MR) is 52.8 cm³/mol. The van der Waals surface area contributed by atoms with E-state index in [0.717, 1.165) is 23.1 Å². The van der Waals surface area contributed by atoms with E-state index in [1.54, 1.807) is 0 Å². The van der Waals surface area contributed by atoms with Crippen LogP contribution in [0.4, 0.5) is 0 Å². The molecule has 0 aliphatic heterocycles. The Morgan fingerprint density at radius 3 is 3.07 bits per heavy atom. The average molecular weight is 186 g/mol. The summed E-state index contributed by atoms with van der Waals surface area (Å²) >= 11 is 0. The molecular weight excluding hydrogens is 176 g/mol. The number of carbonyl (C=O) groups is 1. The van der Waals surface area contributed by atoms with Crippen LogP contribution >= 0.6 is 0 Å². The molecule has 0 bridgehead atoms. The number of hydrogen-bond donors (Lipinski definition) is 1. The van der Waals surface area contributed by atoms with Crippen LogP contribution in [0, 0.1) is 0 Å². The molecule has 2 heteroatoms. The number of carbonyl (C=O) groups excluding carboxylic acids is 1. The lowest BCUT2D eigenvalue weighted by Gasteiger charge is -2.14. The summed E-state index contributed by atoms with van der Waals surface area (Å²) in [6, 6.07) is 5.73. The Kier molecular flexibility index (Phi) is 1.45. The lowest BCUT2D eigenvalue weighted by Crippen LogP contribution is -2.11. The molecule has 0 saturated carbocycles. The van der Waals surface area contributed by atoms with Gasteiger partial charge in [0, 0.05) is 0 Å². The molecule has 0 amide bonds. The van der Waals surface area contributed by atoms with Gasteiger partial charge in [-0.25, -0.2) is 0 Å². The molecule has 1 aromatic carbocycles. The van der Waals surface area contributed by atoms with Crippen molar-refractivity contribution in [3.8, 4) is 0 Å². The van der Waals surface area contributed by atoms with Crippen LogP contribution < -0.4 is 0 Å². The third-order valence-corrected chi connectivity index (χ3v) is 3.10. The van der Waals surface area contributed by atoms with Crippen molar-refractivity contribution in [2.24, 2.45) is 0 Å². The molecule has 2 aliphatic carbocycles. The number of rotatable bonds is 0. The Bertz CT molecular complexity index is 446. The van der Waals surface area contributed by atoms with Gasteiger partial charge in [0.1, 0.15) is 6.10 Å². The van der Waals surface area contributed by atoms with Crippen LogP contribution in [0.2, 0.25) is 0 Å². The highest BCUT2D eigenvalue weighted by Crippen LogP contribution is 2.43. The van der Waals surface area contributed by atoms with Gasteiger partial charge in [0.05, 0.1) is 5.92 Å². The third kappa shape index (κ3) is 0.814. The number of allylic oxidation sites excluding steroid dienone is 1. The fourth-order valence-electron chi connectivity index (χ4n) is 2.44. The van der Waals surface area contributed by atoms with E-state index in [1.165, 1.54) is 0 Å². The topological polar surface area (TPSA) is 37.3 Å². The van der Waals surface area contributed by atoms with Crippen LogP contribution in [0.25, 0.3) is 6.08 Å². The van der Waals surface area contributed by atoms with E-state index in [1.807, 2.05) is 30.4 Å². The first kappa shape index (κ1) is 7.94. The van der Waals surface area contributed by atoms with Crippen molar-refractivity contribution in [1.82, 2.24) is 0 Å². The van der Waals surface area contributed by atoms with Gasteiger partial charge in [0.2, 0.25) is 0 Å². The summed E-state index contributed by atoms with van der Waals surface area (Å²) in [7, 11) is 0. The standard InChI is InChI=1S/C12H10O2/c13-11-8-5-1-3-7-4-2-6-9(10(7)8)12(11)14/h1-5,9,11,13H,6H2. The summed E-state index contributed by atoms with van der Waals surface area (Å²) < 4.78 is 0. The molecule has 2 nitrogen and oxygen atoms in total. The number of ketones is 1. The normalized spacial score (nSPS) is 27.9. The molecule has 0 heterocycles. The fraction of sp³-hybridized carbons (Fsp3) is 0.250. The fourth-order valence-corrected chi connectivity index (χ4v) is 2.44. The Labute approximate surface area is 81.9 Å². The summed E-state index contributed by atoms with van der Waals surface area (Å²) in [5, 5.41) is 9.73. The number of Topliss-reactive ketones (excluding diaryl/α,β-unsaturated/α-hetero) is 1. The predicted octanol–water partition coefficient (Wildman–Crippen LogP) is 1.80. The minimum Gasteiger partial charge on any atom is -0.381 e. The quantitative estimate of drug-likeness (QED) is 0.670. The van der Waals surface area contributed by atoms with Crippen LogP contribution in [-0.4, -0.2) is 10.9 Å². The maximum atomic E-state index is 11.7. The monoisotopic (exact) mass is 186 g/mol. The lowest BCUT2D eigenvalue weighted by molar-refractivity contribution is -0.127. The van der Waals surface area contributed by atoms with Gasteiger partial charge in [-0.05, 0) is 23.1 Å². The zero-order valence-corrected chi connectivity index (χ0v) is 7.60. The third-order valence-electron chi connectivity index (χ3n) is 3.10. The number of aliphatic hydroxyl groups is 1. The Hall–Kier alpha value is -1.41. The van der Waals surface area contributed by atoms with E-state index < -0.39 is 6.10 Å². The minimum atomic E-state index is -0.894. The van der Waals surface area contributed by atoms with Gasteiger partial charge in [0.25, 0.3) is 0 Å². The summed E-state index contributed by atoms with van der Waals surface area (Å²) in [5.74, 6) is -0.141. The van der Waals surface area contributed by atoms with Crippen molar-refractivity contribution in [3.05, 3.63) is 41.0 Å². The zero-order chi connectivity index (χ0) is 9.71. The highest BCUT2D eigenvalue weighted by molar-refractivity contribution is 5.97. The maximum Gasteiger partial charge on any atom is 0.173 e. The van der Waals surface area contributed by atoms with E-state index in [0.29, 0.717) is 0 Å². The minimum absolute atomic E-state index is 0.0446. The van der Waals surface area contributed by atoms with Gasteiger partial charge < -0.3 is 5.11 Å². The molecule has 70 valence electrons. The van der Waals surface area contributed by atoms with Gasteiger partial charge in [-0.3, -0.25) is 4.79 Å². The first-order valence-electron chi connectivity index (χ1n) is 4.80. The van der Waals surface area contributed by atoms with Crippen LogP contribution in [0.15, 0.2) is 24.3 Å². The lowest BCUT2D eigenvalue weighted by atomic mass is 9.88. The molecule has 2 atom stereocenters. The molecule has 2 aliphatic rings. The summed E-state index contributed by atoms with van der Waals surface area (Å²) in [5.41, 5.74) is 2.94. The summed E-state index contributed by atoms with van der Waals surface area (Å²) in [6.07, 6.45) is 3.88. The van der Waals surface area contributed by atoms with Crippen molar-refractivity contribution in [1.29, 1.82) is 0 Å². The molecule has 2 unspecified atom stereocenters. The largest absolute Gasteiger partial charge is 0.381 e. The van der Waals surface area contributed by atoms with Crippen molar-refractivity contribution < 1.29 is 9.90 Å². The Morgan fingerprint density at radius 1 is 1.36 bits per heavy atom. The zero-order valence-electron chi connectivity index (χ0n) is 7.60. The molecular formula is C12H10O2. The second-order valence-corrected chi connectivity index (χ2v) is 3.85. The smallest absolute Gasteiger partial charge is 0.173 e.